The summed E-state index contributed by atoms with van der Waals surface area (Å²) in [5, 5.41) is 0.542. The second-order valence-corrected chi connectivity index (χ2v) is 4.77. The van der Waals surface area contributed by atoms with Gasteiger partial charge in [-0.05, 0) is 18.6 Å². The highest BCUT2D eigenvalue weighted by Gasteiger charge is 2.11. The topological polar surface area (TPSA) is 61.8 Å². The summed E-state index contributed by atoms with van der Waals surface area (Å²) in [7, 11) is 1.51. The van der Waals surface area contributed by atoms with Gasteiger partial charge in [0.2, 0.25) is 0 Å². The van der Waals surface area contributed by atoms with E-state index in [0.29, 0.717) is 22.9 Å². The number of rotatable bonds is 8. The Morgan fingerprint density at radius 2 is 1.81 bits per heavy atom. The first-order valence-electron chi connectivity index (χ1n) is 6.70. The Labute approximate surface area is 129 Å². The van der Waals surface area contributed by atoms with E-state index in [2.05, 4.69) is 0 Å². The molecule has 1 rings (SSSR count). The standard InChI is InChI=1S/C15H19ClO5/c1-3-8-20-14(17)6-7-15(18)21-10-11-4-5-12(16)9-13(11)19-2/h4-5,9H,3,6-8,10H2,1-2H3. The molecule has 0 saturated carbocycles. The lowest BCUT2D eigenvalue weighted by atomic mass is 10.2. The predicted molar refractivity (Wildman–Crippen MR) is 78.3 cm³/mol. The Hall–Kier alpha value is -1.75. The number of hydrogen-bond acceptors (Lipinski definition) is 5. The average Bonchev–Trinajstić information content (AvgIpc) is 2.49. The minimum absolute atomic E-state index is 0.00153. The number of methoxy groups -OCH3 is 1. The summed E-state index contributed by atoms with van der Waals surface area (Å²) in [5.74, 6) is -0.295. The number of esters is 2. The monoisotopic (exact) mass is 314 g/mol. The van der Waals surface area contributed by atoms with E-state index in [-0.39, 0.29) is 19.4 Å². The molecule has 0 radical (unpaired) electrons. The number of halogens is 1. The van der Waals surface area contributed by atoms with Gasteiger partial charge in [0.1, 0.15) is 12.4 Å². The molecule has 0 heterocycles. The van der Waals surface area contributed by atoms with Crippen LogP contribution in [-0.2, 0) is 25.7 Å². The highest BCUT2D eigenvalue weighted by molar-refractivity contribution is 6.30. The number of carbonyl (C=O) groups is 2. The third-order valence-electron chi connectivity index (χ3n) is 2.64. The molecule has 0 aliphatic rings. The summed E-state index contributed by atoms with van der Waals surface area (Å²) in [4.78, 5) is 22.8. The zero-order valence-electron chi connectivity index (χ0n) is 12.2. The van der Waals surface area contributed by atoms with Crippen molar-refractivity contribution >= 4 is 23.5 Å². The maximum Gasteiger partial charge on any atom is 0.306 e. The molecule has 0 saturated heterocycles. The van der Waals surface area contributed by atoms with Gasteiger partial charge in [0.25, 0.3) is 0 Å². The summed E-state index contributed by atoms with van der Waals surface area (Å²) in [6.07, 6.45) is 0.779. The van der Waals surface area contributed by atoms with E-state index < -0.39 is 11.9 Å². The molecule has 0 aliphatic carbocycles. The van der Waals surface area contributed by atoms with Crippen LogP contribution in [0, 0.1) is 0 Å². The SMILES string of the molecule is CCCOC(=O)CCC(=O)OCc1ccc(Cl)cc1OC. The molecule has 0 amide bonds. The van der Waals surface area contributed by atoms with Gasteiger partial charge < -0.3 is 14.2 Å². The molecular formula is C15H19ClO5. The molecule has 0 bridgehead atoms. The van der Waals surface area contributed by atoms with Crippen LogP contribution in [0.2, 0.25) is 5.02 Å². The fourth-order valence-electron chi connectivity index (χ4n) is 1.56. The van der Waals surface area contributed by atoms with E-state index >= 15 is 0 Å². The molecule has 0 unspecified atom stereocenters. The first kappa shape index (κ1) is 17.3. The van der Waals surface area contributed by atoms with Crippen LogP contribution in [0.5, 0.6) is 5.75 Å². The molecule has 6 heteroatoms. The van der Waals surface area contributed by atoms with Gasteiger partial charge in [-0.2, -0.15) is 0 Å². The number of benzene rings is 1. The van der Waals surface area contributed by atoms with Crippen LogP contribution in [0.1, 0.15) is 31.7 Å². The highest BCUT2D eigenvalue weighted by atomic mass is 35.5. The molecule has 0 aliphatic heterocycles. The largest absolute Gasteiger partial charge is 0.496 e. The van der Waals surface area contributed by atoms with Crippen molar-refractivity contribution in [3.8, 4) is 5.75 Å². The van der Waals surface area contributed by atoms with Gasteiger partial charge in [0.15, 0.2) is 0 Å². The second-order valence-electron chi connectivity index (χ2n) is 4.34. The third-order valence-corrected chi connectivity index (χ3v) is 2.87. The summed E-state index contributed by atoms with van der Waals surface area (Å²) >= 11 is 5.85. The van der Waals surface area contributed by atoms with Gasteiger partial charge in [-0.15, -0.1) is 0 Å². The van der Waals surface area contributed by atoms with Crippen molar-refractivity contribution in [2.24, 2.45) is 0 Å². The molecule has 0 fully saturated rings. The van der Waals surface area contributed by atoms with Crippen molar-refractivity contribution in [3.63, 3.8) is 0 Å². The maximum absolute atomic E-state index is 11.6. The lowest BCUT2D eigenvalue weighted by Gasteiger charge is -2.09. The van der Waals surface area contributed by atoms with Crippen molar-refractivity contribution in [2.45, 2.75) is 32.8 Å². The Morgan fingerprint density at radius 1 is 1.14 bits per heavy atom. The third kappa shape index (κ3) is 6.49. The summed E-state index contributed by atoms with van der Waals surface area (Å²) in [6.45, 7) is 2.35. The maximum atomic E-state index is 11.6. The molecule has 0 atom stereocenters. The van der Waals surface area contributed by atoms with Crippen LogP contribution >= 0.6 is 11.6 Å². The van der Waals surface area contributed by atoms with Crippen LogP contribution < -0.4 is 4.74 Å². The van der Waals surface area contributed by atoms with Gasteiger partial charge in [-0.25, -0.2) is 0 Å². The molecule has 0 aromatic heterocycles. The fourth-order valence-corrected chi connectivity index (χ4v) is 1.72. The van der Waals surface area contributed by atoms with E-state index in [9.17, 15) is 9.59 Å². The molecule has 0 spiro atoms. The second kappa shape index (κ2) is 9.23. The van der Waals surface area contributed by atoms with Crippen LogP contribution in [0.4, 0.5) is 0 Å². The summed E-state index contributed by atoms with van der Waals surface area (Å²) in [6, 6.07) is 5.06. The van der Waals surface area contributed by atoms with Crippen molar-refractivity contribution in [2.75, 3.05) is 13.7 Å². The zero-order valence-corrected chi connectivity index (χ0v) is 12.9. The van der Waals surface area contributed by atoms with Crippen LogP contribution in [0.15, 0.2) is 18.2 Å². The van der Waals surface area contributed by atoms with Crippen molar-refractivity contribution < 1.29 is 23.8 Å². The quantitative estimate of drug-likeness (QED) is 0.690. The zero-order chi connectivity index (χ0) is 15.7. The van der Waals surface area contributed by atoms with E-state index in [1.807, 2.05) is 6.92 Å². The van der Waals surface area contributed by atoms with Crippen molar-refractivity contribution in [1.82, 2.24) is 0 Å². The first-order chi connectivity index (χ1) is 10.1. The molecular weight excluding hydrogens is 296 g/mol. The summed E-state index contributed by atoms with van der Waals surface area (Å²) in [5.41, 5.74) is 0.712. The fraction of sp³-hybridized carbons (Fsp3) is 0.467. The van der Waals surface area contributed by atoms with Gasteiger partial charge in [-0.1, -0.05) is 24.6 Å². The van der Waals surface area contributed by atoms with Crippen molar-refractivity contribution in [3.05, 3.63) is 28.8 Å². The minimum Gasteiger partial charge on any atom is -0.496 e. The van der Waals surface area contributed by atoms with E-state index in [4.69, 9.17) is 25.8 Å². The van der Waals surface area contributed by atoms with Gasteiger partial charge in [0.05, 0.1) is 26.6 Å². The Kier molecular flexibility index (Phi) is 7.61. The van der Waals surface area contributed by atoms with Crippen LogP contribution in [0.25, 0.3) is 0 Å². The lowest BCUT2D eigenvalue weighted by molar-refractivity contribution is -0.151. The Morgan fingerprint density at radius 3 is 2.43 bits per heavy atom. The Balaban J connectivity index is 2.38. The van der Waals surface area contributed by atoms with E-state index in [1.165, 1.54) is 7.11 Å². The first-order valence-corrected chi connectivity index (χ1v) is 7.08. The van der Waals surface area contributed by atoms with Crippen LogP contribution in [0.3, 0.4) is 0 Å². The highest BCUT2D eigenvalue weighted by Crippen LogP contribution is 2.23. The normalized spacial score (nSPS) is 10.0. The van der Waals surface area contributed by atoms with Gasteiger partial charge in [0, 0.05) is 10.6 Å². The van der Waals surface area contributed by atoms with Crippen molar-refractivity contribution in [1.29, 1.82) is 0 Å². The number of hydrogen-bond donors (Lipinski definition) is 0. The van der Waals surface area contributed by atoms with Gasteiger partial charge in [-0.3, -0.25) is 9.59 Å². The lowest BCUT2D eigenvalue weighted by Crippen LogP contribution is -2.11. The molecule has 21 heavy (non-hydrogen) atoms. The minimum atomic E-state index is -0.458. The van der Waals surface area contributed by atoms with Gasteiger partial charge >= 0.3 is 11.9 Å². The smallest absolute Gasteiger partial charge is 0.306 e. The van der Waals surface area contributed by atoms with E-state index in [0.717, 1.165) is 6.42 Å². The van der Waals surface area contributed by atoms with E-state index in [1.54, 1.807) is 18.2 Å². The molecule has 0 N–H and O–H groups in total. The van der Waals surface area contributed by atoms with Crippen LogP contribution in [-0.4, -0.2) is 25.7 Å². The predicted octanol–water partition coefficient (Wildman–Crippen LogP) is 3.13. The average molecular weight is 315 g/mol. The number of ether oxygens (including phenoxy) is 3. The molecule has 116 valence electrons. The summed E-state index contributed by atoms with van der Waals surface area (Å²) < 4.78 is 15.1. The number of carbonyl (C=O) groups excluding carboxylic acids is 2. The molecule has 1 aromatic rings. The molecule has 5 nitrogen and oxygen atoms in total. The molecule has 1 aromatic carbocycles. The Bertz CT molecular complexity index is 487.